The molecule has 0 bridgehead atoms. The Kier molecular flexibility index (Phi) is 5.34. The molecule has 134 valence electrons. The molecule has 0 N–H and O–H groups in total. The number of benzene rings is 2. The molecule has 2 aromatic heterocycles. The molecule has 4 rings (SSSR count). The number of thiophene rings is 1. The van der Waals surface area contributed by atoms with Crippen LogP contribution in [0.25, 0.3) is 16.3 Å². The summed E-state index contributed by atoms with van der Waals surface area (Å²) in [5.41, 5.74) is 1.77. The van der Waals surface area contributed by atoms with Gasteiger partial charge < -0.3 is 0 Å². The van der Waals surface area contributed by atoms with Crippen molar-refractivity contribution < 1.29 is 4.79 Å². The van der Waals surface area contributed by atoms with Crippen LogP contribution in [0.1, 0.15) is 10.4 Å². The summed E-state index contributed by atoms with van der Waals surface area (Å²) in [5.74, 6) is -0.109. The number of fused-ring (bicyclic) bond motifs is 1. The fraction of sp³-hybridized carbons (Fsp3) is 0.0476. The maximum Gasteiger partial charge on any atom is 0.253 e. The summed E-state index contributed by atoms with van der Waals surface area (Å²) in [5, 5.41) is 3.22. The quantitative estimate of drug-likeness (QED) is 0.364. The lowest BCUT2D eigenvalue weighted by atomic mass is 10.2. The van der Waals surface area contributed by atoms with E-state index in [4.69, 9.17) is 11.6 Å². The average Bonchev–Trinajstić information content (AvgIpc) is 3.35. The number of hydrogen-bond acceptors (Lipinski definition) is 4. The standard InChI is InChI=1S/C21H15ClN2OS2/c22-17-9-4-10-18-20(17)23-21(27-18)24(14-15-6-2-1-3-7-15)19(25)12-11-16-8-5-13-26-16/h1-13H,14H2/b12-11+. The van der Waals surface area contributed by atoms with Crippen LogP contribution in [0.2, 0.25) is 5.02 Å². The minimum absolute atomic E-state index is 0.109. The van der Waals surface area contributed by atoms with E-state index in [-0.39, 0.29) is 5.91 Å². The highest BCUT2D eigenvalue weighted by molar-refractivity contribution is 7.22. The van der Waals surface area contributed by atoms with Gasteiger partial charge in [-0.1, -0.05) is 65.4 Å². The van der Waals surface area contributed by atoms with Crippen molar-refractivity contribution in [2.24, 2.45) is 0 Å². The Morgan fingerprint density at radius 2 is 1.93 bits per heavy atom. The van der Waals surface area contributed by atoms with Gasteiger partial charge in [0.15, 0.2) is 5.13 Å². The first-order valence-corrected chi connectivity index (χ1v) is 10.4. The monoisotopic (exact) mass is 410 g/mol. The number of amides is 1. The van der Waals surface area contributed by atoms with E-state index in [9.17, 15) is 4.79 Å². The summed E-state index contributed by atoms with van der Waals surface area (Å²) in [6.45, 7) is 0.450. The molecule has 0 saturated heterocycles. The Labute approximate surface area is 170 Å². The molecule has 1 amide bonds. The van der Waals surface area contributed by atoms with E-state index in [1.807, 2.05) is 72.1 Å². The van der Waals surface area contributed by atoms with Gasteiger partial charge in [0.05, 0.1) is 16.3 Å². The number of rotatable bonds is 5. The van der Waals surface area contributed by atoms with Crippen LogP contribution in [0.3, 0.4) is 0 Å². The highest BCUT2D eigenvalue weighted by Gasteiger charge is 2.19. The van der Waals surface area contributed by atoms with Crippen molar-refractivity contribution >= 4 is 61.6 Å². The summed E-state index contributed by atoms with van der Waals surface area (Å²) >= 11 is 9.33. The Hall–Kier alpha value is -2.47. The first kappa shape index (κ1) is 17.9. The number of thiazole rings is 1. The molecule has 2 heterocycles. The van der Waals surface area contributed by atoms with Gasteiger partial charge in [-0.15, -0.1) is 11.3 Å². The van der Waals surface area contributed by atoms with Gasteiger partial charge in [-0.3, -0.25) is 9.69 Å². The number of para-hydroxylation sites is 1. The summed E-state index contributed by atoms with van der Waals surface area (Å²) < 4.78 is 0.964. The van der Waals surface area contributed by atoms with Crippen molar-refractivity contribution in [1.29, 1.82) is 0 Å². The molecular formula is C21H15ClN2OS2. The fourth-order valence-corrected chi connectivity index (χ4v) is 4.54. The van der Waals surface area contributed by atoms with Crippen LogP contribution in [0.4, 0.5) is 5.13 Å². The van der Waals surface area contributed by atoms with Gasteiger partial charge in [0.2, 0.25) is 0 Å². The fourth-order valence-electron chi connectivity index (χ4n) is 2.65. The Bertz CT molecular complexity index is 1090. The third-order valence-corrected chi connectivity index (χ3v) is 6.16. The second kappa shape index (κ2) is 8.05. The van der Waals surface area contributed by atoms with E-state index in [1.165, 1.54) is 11.3 Å². The Morgan fingerprint density at radius 1 is 1.07 bits per heavy atom. The number of aromatic nitrogens is 1. The van der Waals surface area contributed by atoms with Gasteiger partial charge in [0, 0.05) is 11.0 Å². The highest BCUT2D eigenvalue weighted by Crippen LogP contribution is 2.33. The minimum Gasteiger partial charge on any atom is -0.280 e. The first-order chi connectivity index (χ1) is 13.2. The number of carbonyl (C=O) groups excluding carboxylic acids is 1. The topological polar surface area (TPSA) is 33.2 Å². The molecule has 2 aromatic carbocycles. The number of hydrogen-bond donors (Lipinski definition) is 0. The van der Waals surface area contributed by atoms with E-state index >= 15 is 0 Å². The molecule has 3 nitrogen and oxygen atoms in total. The summed E-state index contributed by atoms with van der Waals surface area (Å²) in [4.78, 5) is 20.3. The number of nitrogens with zero attached hydrogens (tertiary/aromatic N) is 2. The normalized spacial score (nSPS) is 11.3. The van der Waals surface area contributed by atoms with Crippen LogP contribution in [0.15, 0.2) is 72.1 Å². The zero-order valence-electron chi connectivity index (χ0n) is 14.2. The molecule has 0 saturated carbocycles. The molecule has 0 fully saturated rings. The maximum atomic E-state index is 13.0. The molecule has 0 unspecified atom stereocenters. The molecule has 0 aliphatic heterocycles. The molecule has 4 aromatic rings. The maximum absolute atomic E-state index is 13.0. The minimum atomic E-state index is -0.109. The highest BCUT2D eigenvalue weighted by atomic mass is 35.5. The van der Waals surface area contributed by atoms with Gasteiger partial charge in [0.25, 0.3) is 5.91 Å². The molecule has 0 radical (unpaired) electrons. The zero-order chi connectivity index (χ0) is 18.6. The molecule has 6 heteroatoms. The van der Waals surface area contributed by atoms with Crippen LogP contribution in [-0.2, 0) is 11.3 Å². The van der Waals surface area contributed by atoms with E-state index in [0.29, 0.717) is 16.7 Å². The second-order valence-corrected chi connectivity index (χ2v) is 8.24. The largest absolute Gasteiger partial charge is 0.280 e. The smallest absolute Gasteiger partial charge is 0.253 e. The number of anilines is 1. The molecule has 0 atom stereocenters. The van der Waals surface area contributed by atoms with Crippen LogP contribution >= 0.6 is 34.3 Å². The van der Waals surface area contributed by atoms with E-state index in [2.05, 4.69) is 4.98 Å². The lowest BCUT2D eigenvalue weighted by Gasteiger charge is -2.18. The number of carbonyl (C=O) groups is 1. The average molecular weight is 411 g/mol. The zero-order valence-corrected chi connectivity index (χ0v) is 16.6. The molecule has 27 heavy (non-hydrogen) atoms. The predicted molar refractivity (Wildman–Crippen MR) is 116 cm³/mol. The summed E-state index contributed by atoms with van der Waals surface area (Å²) in [6.07, 6.45) is 3.44. The molecule has 0 spiro atoms. The van der Waals surface area contributed by atoms with Crippen molar-refractivity contribution in [1.82, 2.24) is 4.98 Å². The van der Waals surface area contributed by atoms with Gasteiger partial charge >= 0.3 is 0 Å². The lowest BCUT2D eigenvalue weighted by molar-refractivity contribution is -0.114. The second-order valence-electron chi connectivity index (χ2n) is 5.84. The van der Waals surface area contributed by atoms with Crippen molar-refractivity contribution in [2.75, 3.05) is 4.90 Å². The van der Waals surface area contributed by atoms with Crippen molar-refractivity contribution in [3.8, 4) is 0 Å². The molecule has 0 aliphatic carbocycles. The summed E-state index contributed by atoms with van der Waals surface area (Å²) in [6, 6.07) is 19.5. The lowest BCUT2D eigenvalue weighted by Crippen LogP contribution is -2.28. The van der Waals surface area contributed by atoms with Crippen LogP contribution < -0.4 is 4.90 Å². The summed E-state index contributed by atoms with van der Waals surface area (Å²) in [7, 11) is 0. The predicted octanol–water partition coefficient (Wildman–Crippen LogP) is 6.26. The van der Waals surface area contributed by atoms with Crippen LogP contribution in [0.5, 0.6) is 0 Å². The third-order valence-electron chi connectivity index (χ3n) is 3.97. The van der Waals surface area contributed by atoms with Crippen LogP contribution in [0, 0.1) is 0 Å². The van der Waals surface area contributed by atoms with Crippen molar-refractivity contribution in [3.63, 3.8) is 0 Å². The third kappa shape index (κ3) is 4.11. The SMILES string of the molecule is O=C(/C=C/c1cccs1)N(Cc1ccccc1)c1nc2c(Cl)cccc2s1. The van der Waals surface area contributed by atoms with Crippen molar-refractivity contribution in [3.05, 3.63) is 87.6 Å². The van der Waals surface area contributed by atoms with Gasteiger partial charge in [-0.05, 0) is 35.2 Å². The Morgan fingerprint density at radius 3 is 2.67 bits per heavy atom. The van der Waals surface area contributed by atoms with Gasteiger partial charge in [0.1, 0.15) is 5.52 Å². The van der Waals surface area contributed by atoms with Crippen molar-refractivity contribution in [2.45, 2.75) is 6.54 Å². The van der Waals surface area contributed by atoms with E-state index in [0.717, 1.165) is 20.7 Å². The Balaban J connectivity index is 1.70. The first-order valence-electron chi connectivity index (χ1n) is 8.33. The van der Waals surface area contributed by atoms with Gasteiger partial charge in [-0.2, -0.15) is 0 Å². The number of halogens is 1. The van der Waals surface area contributed by atoms with E-state index < -0.39 is 0 Å². The van der Waals surface area contributed by atoms with Gasteiger partial charge in [-0.25, -0.2) is 4.98 Å². The van der Waals surface area contributed by atoms with Crippen LogP contribution in [-0.4, -0.2) is 10.9 Å². The molecular weight excluding hydrogens is 396 g/mol. The van der Waals surface area contributed by atoms with E-state index in [1.54, 1.807) is 22.3 Å². The molecule has 0 aliphatic rings.